The van der Waals surface area contributed by atoms with Crippen molar-refractivity contribution in [3.63, 3.8) is 0 Å². The van der Waals surface area contributed by atoms with Gasteiger partial charge in [0.15, 0.2) is 0 Å². The fourth-order valence-corrected chi connectivity index (χ4v) is 10.3. The van der Waals surface area contributed by atoms with Crippen LogP contribution in [0, 0.1) is 34.6 Å². The van der Waals surface area contributed by atoms with E-state index in [1.54, 1.807) is 0 Å². The number of furan rings is 2. The highest BCUT2D eigenvalue weighted by Crippen LogP contribution is 2.51. The van der Waals surface area contributed by atoms with Crippen molar-refractivity contribution in [3.05, 3.63) is 148 Å². The van der Waals surface area contributed by atoms with Crippen molar-refractivity contribution >= 4 is 79.4 Å². The Morgan fingerprint density at radius 3 is 1.61 bits per heavy atom. The molecule has 0 radical (unpaired) electrons. The minimum Gasteiger partial charge on any atom is -0.468 e. The van der Waals surface area contributed by atoms with Gasteiger partial charge in [-0.05, 0) is 149 Å². The van der Waals surface area contributed by atoms with Gasteiger partial charge in [0.25, 0.3) is 6.71 Å². The highest BCUT2D eigenvalue weighted by atomic mass is 16.3. The molecule has 0 saturated heterocycles. The van der Waals surface area contributed by atoms with Crippen LogP contribution in [0.3, 0.4) is 0 Å². The molecule has 2 aliphatic heterocycles. The van der Waals surface area contributed by atoms with Gasteiger partial charge >= 0.3 is 0 Å². The first-order valence-electron chi connectivity index (χ1n) is 22.4. The van der Waals surface area contributed by atoms with Crippen LogP contribution in [-0.4, -0.2) is 6.71 Å². The van der Waals surface area contributed by atoms with Gasteiger partial charge in [0.05, 0.1) is 22.7 Å². The molecule has 0 amide bonds. The monoisotopic (exact) mass is 814 g/mol. The maximum Gasteiger partial charge on any atom is 0.297 e. The summed E-state index contributed by atoms with van der Waals surface area (Å²) >= 11 is 0. The molecule has 8 aromatic rings. The molecule has 62 heavy (non-hydrogen) atoms. The Labute approximate surface area is 368 Å². The number of nitrogens with zero attached hydrogens (tertiary/aromatic N) is 2. The standard InChI is InChI=1S/C57H59BN2O2/c1-32-23-45-50-46(24-32)60(52-35(4)27-41(28-36(52)5)57(12,13)14)53-42-31-39(55(6,7)8)20-22-48(42)62-54(53)58(50)43-21-19-38(49-30-37-17-15-16-18-47(37)61-49)29-44(43)59(45)51-33(2)25-40(26-34(51)3)56(9,10)11/h15-31H,1-14H3. The van der Waals surface area contributed by atoms with Crippen molar-refractivity contribution in [1.82, 2.24) is 0 Å². The Balaban J connectivity index is 1.33. The molecule has 312 valence electrons. The third-order valence-corrected chi connectivity index (χ3v) is 13.5. The molecule has 0 atom stereocenters. The van der Waals surface area contributed by atoms with E-state index in [4.69, 9.17) is 8.83 Å². The van der Waals surface area contributed by atoms with Crippen molar-refractivity contribution in [2.24, 2.45) is 0 Å². The summed E-state index contributed by atoms with van der Waals surface area (Å²) in [5.74, 6) is 0.861. The number of aryl methyl sites for hydroxylation is 5. The first-order valence-corrected chi connectivity index (χ1v) is 22.4. The molecule has 5 heteroatoms. The van der Waals surface area contributed by atoms with Crippen molar-refractivity contribution in [2.45, 2.75) is 113 Å². The predicted molar refractivity (Wildman–Crippen MR) is 265 cm³/mol. The van der Waals surface area contributed by atoms with E-state index in [9.17, 15) is 0 Å². The van der Waals surface area contributed by atoms with Gasteiger partial charge in [-0.2, -0.15) is 0 Å². The molecular formula is C57H59BN2O2. The van der Waals surface area contributed by atoms with Crippen LogP contribution in [0.25, 0.3) is 33.3 Å². The Hall–Kier alpha value is -5.94. The number of fused-ring (bicyclic) bond motifs is 7. The smallest absolute Gasteiger partial charge is 0.297 e. The molecule has 0 spiro atoms. The van der Waals surface area contributed by atoms with Crippen molar-refractivity contribution in [1.29, 1.82) is 0 Å². The van der Waals surface area contributed by atoms with E-state index in [0.29, 0.717) is 0 Å². The van der Waals surface area contributed by atoms with Crippen LogP contribution in [0.4, 0.5) is 34.1 Å². The summed E-state index contributed by atoms with van der Waals surface area (Å²) in [5.41, 5.74) is 23.6. The molecule has 0 bridgehead atoms. The predicted octanol–water partition coefficient (Wildman–Crippen LogP) is 14.4. The Bertz CT molecular complexity index is 3080. The highest BCUT2D eigenvalue weighted by molar-refractivity contribution is 7.00. The van der Waals surface area contributed by atoms with Crippen LogP contribution in [0.2, 0.25) is 0 Å². The van der Waals surface area contributed by atoms with Gasteiger partial charge in [0.1, 0.15) is 16.9 Å². The molecule has 10 rings (SSSR count). The van der Waals surface area contributed by atoms with E-state index in [0.717, 1.165) is 50.3 Å². The first-order chi connectivity index (χ1) is 29.2. The number of benzene rings is 6. The van der Waals surface area contributed by atoms with Crippen LogP contribution >= 0.6 is 0 Å². The quantitative estimate of drug-likeness (QED) is 0.166. The lowest BCUT2D eigenvalue weighted by atomic mass is 9.35. The van der Waals surface area contributed by atoms with Gasteiger partial charge < -0.3 is 18.6 Å². The van der Waals surface area contributed by atoms with Crippen LogP contribution in [-0.2, 0) is 16.2 Å². The van der Waals surface area contributed by atoms with Crippen LogP contribution in [0.1, 0.15) is 107 Å². The third-order valence-electron chi connectivity index (χ3n) is 13.5. The van der Waals surface area contributed by atoms with E-state index in [-0.39, 0.29) is 23.0 Å². The summed E-state index contributed by atoms with van der Waals surface area (Å²) < 4.78 is 13.9. The molecule has 0 aliphatic carbocycles. The number of hydrogen-bond acceptors (Lipinski definition) is 4. The summed E-state index contributed by atoms with van der Waals surface area (Å²) in [6.07, 6.45) is 0. The fraction of sp³-hybridized carbons (Fsp3) is 0.298. The average Bonchev–Trinajstić information content (AvgIpc) is 3.79. The SMILES string of the molecule is Cc1cc2c3c(c1)N(c1c(C)cc(C(C)(C)C)cc1C)c1c(oc4ccc(C(C)(C)C)cc14)B3c1ccc(-c3cc4ccccc4o3)cc1N2c1c(C)cc(C(C)(C)C)cc1C. The second kappa shape index (κ2) is 13.5. The largest absolute Gasteiger partial charge is 0.468 e. The minimum atomic E-state index is -0.155. The zero-order chi connectivity index (χ0) is 43.9. The first kappa shape index (κ1) is 40.2. The zero-order valence-corrected chi connectivity index (χ0v) is 39.1. The Morgan fingerprint density at radius 1 is 0.468 bits per heavy atom. The van der Waals surface area contributed by atoms with Gasteiger partial charge in [-0.3, -0.25) is 0 Å². The van der Waals surface area contributed by atoms with Crippen molar-refractivity contribution in [2.75, 3.05) is 9.80 Å². The topological polar surface area (TPSA) is 32.8 Å². The maximum absolute atomic E-state index is 7.32. The van der Waals surface area contributed by atoms with Gasteiger partial charge in [-0.25, -0.2) is 0 Å². The third kappa shape index (κ3) is 6.17. The fourth-order valence-electron chi connectivity index (χ4n) is 10.3. The average molecular weight is 815 g/mol. The van der Waals surface area contributed by atoms with Gasteiger partial charge in [-0.1, -0.05) is 123 Å². The molecule has 4 nitrogen and oxygen atoms in total. The normalized spacial score (nSPS) is 13.9. The zero-order valence-electron chi connectivity index (χ0n) is 39.1. The van der Waals surface area contributed by atoms with Crippen LogP contribution in [0.15, 0.2) is 112 Å². The summed E-state index contributed by atoms with van der Waals surface area (Å²) in [5, 5.41) is 2.24. The molecule has 0 unspecified atom stereocenters. The number of hydrogen-bond donors (Lipinski definition) is 0. The van der Waals surface area contributed by atoms with Crippen molar-refractivity contribution < 1.29 is 8.83 Å². The number of anilines is 6. The van der Waals surface area contributed by atoms with Gasteiger partial charge in [0, 0.05) is 33.4 Å². The second-order valence-corrected chi connectivity index (χ2v) is 21.4. The highest BCUT2D eigenvalue weighted by Gasteiger charge is 2.48. The summed E-state index contributed by atoms with van der Waals surface area (Å²) in [6, 6.07) is 38.7. The molecule has 2 aliphatic rings. The van der Waals surface area contributed by atoms with Crippen LogP contribution in [0.5, 0.6) is 0 Å². The minimum absolute atomic E-state index is 0.0131. The Kier molecular flexibility index (Phi) is 8.76. The molecule has 4 heterocycles. The summed E-state index contributed by atoms with van der Waals surface area (Å²) in [4.78, 5) is 5.13. The lowest BCUT2D eigenvalue weighted by Crippen LogP contribution is -2.61. The molecule has 2 aromatic heterocycles. The molecule has 0 fully saturated rings. The van der Waals surface area contributed by atoms with Crippen LogP contribution < -0.4 is 26.4 Å². The van der Waals surface area contributed by atoms with E-state index >= 15 is 0 Å². The Morgan fingerprint density at radius 2 is 1.03 bits per heavy atom. The molecule has 0 N–H and O–H groups in total. The van der Waals surface area contributed by atoms with E-state index < -0.39 is 0 Å². The van der Waals surface area contributed by atoms with Gasteiger partial charge in [0.2, 0.25) is 0 Å². The van der Waals surface area contributed by atoms with E-state index in [2.05, 4.69) is 204 Å². The van der Waals surface area contributed by atoms with Gasteiger partial charge in [-0.15, -0.1) is 0 Å². The summed E-state index contributed by atoms with van der Waals surface area (Å²) in [6.45, 7) is 32.0. The number of para-hydroxylation sites is 1. The number of rotatable bonds is 3. The molecule has 0 saturated carbocycles. The summed E-state index contributed by atoms with van der Waals surface area (Å²) in [7, 11) is 0. The lowest BCUT2D eigenvalue weighted by molar-refractivity contribution is 0.589. The molecule has 6 aromatic carbocycles. The van der Waals surface area contributed by atoms with Crippen molar-refractivity contribution in [3.8, 4) is 11.3 Å². The maximum atomic E-state index is 7.32. The second-order valence-electron chi connectivity index (χ2n) is 21.4. The van der Waals surface area contributed by atoms with E-state index in [1.807, 2.05) is 6.07 Å². The molecular weight excluding hydrogens is 755 g/mol. The lowest BCUT2D eigenvalue weighted by Gasteiger charge is -2.44. The van der Waals surface area contributed by atoms with E-state index in [1.165, 1.54) is 78.2 Å².